The Morgan fingerprint density at radius 1 is 0.800 bits per heavy atom. The molecule has 30 heavy (non-hydrogen) atoms. The van der Waals surface area contributed by atoms with Crippen LogP contribution in [0.3, 0.4) is 0 Å². The molecule has 9 heteroatoms. The van der Waals surface area contributed by atoms with Gasteiger partial charge in [-0.25, -0.2) is 8.42 Å². The van der Waals surface area contributed by atoms with Crippen molar-refractivity contribution in [2.24, 2.45) is 0 Å². The van der Waals surface area contributed by atoms with Crippen LogP contribution in [0.5, 0.6) is 0 Å². The third-order valence-corrected chi connectivity index (χ3v) is 6.74. The zero-order valence-electron chi connectivity index (χ0n) is 16.0. The van der Waals surface area contributed by atoms with Gasteiger partial charge in [0, 0.05) is 5.56 Å². The van der Waals surface area contributed by atoms with Crippen LogP contribution in [-0.2, 0) is 10.0 Å². The molecule has 0 heterocycles. The summed E-state index contributed by atoms with van der Waals surface area (Å²) in [5.74, 6) is -0.425. The highest BCUT2D eigenvalue weighted by Gasteiger charge is 2.17. The summed E-state index contributed by atoms with van der Waals surface area (Å²) in [6.45, 7) is 3.58. The molecule has 0 saturated carbocycles. The largest absolute Gasteiger partial charge is 0.321 e. The second-order valence-electron chi connectivity index (χ2n) is 6.65. The van der Waals surface area contributed by atoms with Gasteiger partial charge in [0.1, 0.15) is 0 Å². The Kier molecular flexibility index (Phi) is 6.62. The lowest BCUT2D eigenvalue weighted by atomic mass is 10.1. The lowest BCUT2D eigenvalue weighted by Gasteiger charge is -2.13. The lowest BCUT2D eigenvalue weighted by Crippen LogP contribution is -2.15. The molecule has 0 spiro atoms. The zero-order chi connectivity index (χ0) is 22.1. The summed E-state index contributed by atoms with van der Waals surface area (Å²) in [5, 5.41) is 3.45. The predicted molar refractivity (Wildman–Crippen MR) is 123 cm³/mol. The number of sulfonamides is 1. The first-order chi connectivity index (χ1) is 14.1. The Balaban J connectivity index is 1.80. The van der Waals surface area contributed by atoms with E-state index in [0.29, 0.717) is 22.5 Å². The minimum atomic E-state index is -3.74. The van der Waals surface area contributed by atoms with Crippen molar-refractivity contribution in [3.63, 3.8) is 0 Å². The van der Waals surface area contributed by atoms with Crippen molar-refractivity contribution in [2.45, 2.75) is 18.7 Å². The molecule has 0 radical (unpaired) electrons. The summed E-state index contributed by atoms with van der Waals surface area (Å²) < 4.78 is 27.7. The third kappa shape index (κ3) is 5.08. The van der Waals surface area contributed by atoms with E-state index in [9.17, 15) is 13.2 Å². The van der Waals surface area contributed by atoms with Crippen molar-refractivity contribution >= 4 is 62.1 Å². The second kappa shape index (κ2) is 8.86. The number of amides is 1. The van der Waals surface area contributed by atoms with Gasteiger partial charge in [0.25, 0.3) is 15.9 Å². The maximum absolute atomic E-state index is 12.6. The highest BCUT2D eigenvalue weighted by molar-refractivity contribution is 7.92. The first-order valence-electron chi connectivity index (χ1n) is 8.73. The standard InChI is InChI=1S/C21H17Cl3N2O3S/c1-12-3-6-15(7-4-12)30(28,29)26-19-8-5-14(9-13(19)2)21(27)25-20-11-17(23)16(22)10-18(20)24/h3-11,26H,1-2H3,(H,25,27). The van der Waals surface area contributed by atoms with E-state index in [1.807, 2.05) is 6.92 Å². The molecule has 0 bridgehead atoms. The van der Waals surface area contributed by atoms with E-state index in [2.05, 4.69) is 10.0 Å². The van der Waals surface area contributed by atoms with Gasteiger partial charge in [-0.15, -0.1) is 0 Å². The van der Waals surface area contributed by atoms with Crippen LogP contribution in [0.15, 0.2) is 59.5 Å². The van der Waals surface area contributed by atoms with Crippen LogP contribution >= 0.6 is 34.8 Å². The molecule has 156 valence electrons. The molecule has 0 atom stereocenters. The number of carbonyl (C=O) groups is 1. The fourth-order valence-electron chi connectivity index (χ4n) is 2.65. The monoisotopic (exact) mass is 482 g/mol. The average Bonchev–Trinajstić information content (AvgIpc) is 2.67. The normalized spacial score (nSPS) is 11.2. The second-order valence-corrected chi connectivity index (χ2v) is 9.55. The maximum Gasteiger partial charge on any atom is 0.261 e. The van der Waals surface area contributed by atoms with Crippen molar-refractivity contribution in [2.75, 3.05) is 10.0 Å². The molecule has 0 aromatic heterocycles. The number of nitrogens with one attached hydrogen (secondary N) is 2. The van der Waals surface area contributed by atoms with Gasteiger partial charge in [-0.05, 0) is 61.9 Å². The Hall–Kier alpha value is -2.25. The average molecular weight is 484 g/mol. The molecule has 3 aromatic carbocycles. The Morgan fingerprint density at radius 3 is 2.07 bits per heavy atom. The van der Waals surface area contributed by atoms with Gasteiger partial charge in [-0.1, -0.05) is 52.5 Å². The smallest absolute Gasteiger partial charge is 0.261 e. The quantitative estimate of drug-likeness (QED) is 0.417. The number of hydrogen-bond acceptors (Lipinski definition) is 3. The van der Waals surface area contributed by atoms with Crippen molar-refractivity contribution in [1.82, 2.24) is 0 Å². The van der Waals surface area contributed by atoms with Crippen LogP contribution in [-0.4, -0.2) is 14.3 Å². The number of rotatable bonds is 5. The zero-order valence-corrected chi connectivity index (χ0v) is 19.0. The van der Waals surface area contributed by atoms with E-state index < -0.39 is 15.9 Å². The van der Waals surface area contributed by atoms with E-state index in [4.69, 9.17) is 34.8 Å². The van der Waals surface area contributed by atoms with Gasteiger partial charge < -0.3 is 5.32 Å². The summed E-state index contributed by atoms with van der Waals surface area (Å²) >= 11 is 18.0. The maximum atomic E-state index is 12.6. The molecule has 0 aliphatic heterocycles. The molecule has 0 saturated heterocycles. The number of halogens is 3. The minimum absolute atomic E-state index is 0.156. The highest BCUT2D eigenvalue weighted by Crippen LogP contribution is 2.32. The van der Waals surface area contributed by atoms with Gasteiger partial charge in [-0.3, -0.25) is 9.52 Å². The fourth-order valence-corrected chi connectivity index (χ4v) is 4.38. The topological polar surface area (TPSA) is 75.3 Å². The fraction of sp³-hybridized carbons (Fsp3) is 0.0952. The SMILES string of the molecule is Cc1ccc(S(=O)(=O)Nc2ccc(C(=O)Nc3cc(Cl)c(Cl)cc3Cl)cc2C)cc1. The van der Waals surface area contributed by atoms with Crippen molar-refractivity contribution in [3.05, 3.63) is 86.4 Å². The lowest BCUT2D eigenvalue weighted by molar-refractivity contribution is 0.102. The summed E-state index contributed by atoms with van der Waals surface area (Å²) in [7, 11) is -3.74. The number of anilines is 2. The molecule has 0 unspecified atom stereocenters. The summed E-state index contributed by atoms with van der Waals surface area (Å²) in [6, 6.07) is 14.1. The molecule has 2 N–H and O–H groups in total. The molecule has 5 nitrogen and oxygen atoms in total. The predicted octanol–water partition coefficient (Wildman–Crippen LogP) is 6.32. The third-order valence-electron chi connectivity index (χ3n) is 4.32. The molecule has 3 aromatic rings. The summed E-state index contributed by atoms with van der Waals surface area (Å²) in [6.07, 6.45) is 0. The Bertz CT molecular complexity index is 1230. The van der Waals surface area contributed by atoms with Crippen molar-refractivity contribution < 1.29 is 13.2 Å². The van der Waals surface area contributed by atoms with E-state index in [1.165, 1.54) is 36.4 Å². The van der Waals surface area contributed by atoms with Gasteiger partial charge in [0.15, 0.2) is 0 Å². The molecule has 0 fully saturated rings. The number of carbonyl (C=O) groups excluding carboxylic acids is 1. The van der Waals surface area contributed by atoms with Crippen LogP contribution < -0.4 is 10.0 Å². The van der Waals surface area contributed by atoms with Crippen LogP contribution in [0.1, 0.15) is 21.5 Å². The number of hydrogen-bond donors (Lipinski definition) is 2. The van der Waals surface area contributed by atoms with Crippen LogP contribution in [0.25, 0.3) is 0 Å². The van der Waals surface area contributed by atoms with Gasteiger partial charge >= 0.3 is 0 Å². The van der Waals surface area contributed by atoms with Crippen molar-refractivity contribution in [3.8, 4) is 0 Å². The molecule has 0 aliphatic rings. The van der Waals surface area contributed by atoms with Crippen molar-refractivity contribution in [1.29, 1.82) is 0 Å². The molecule has 1 amide bonds. The molecule has 0 aliphatic carbocycles. The Labute approximate surface area is 190 Å². The summed E-state index contributed by atoms with van der Waals surface area (Å²) in [5.41, 5.74) is 2.56. The first-order valence-corrected chi connectivity index (χ1v) is 11.3. The van der Waals surface area contributed by atoms with Crippen LogP contribution in [0.2, 0.25) is 15.1 Å². The number of benzene rings is 3. The van der Waals surface area contributed by atoms with E-state index in [-0.39, 0.29) is 20.0 Å². The van der Waals surface area contributed by atoms with Crippen LogP contribution in [0.4, 0.5) is 11.4 Å². The molecular formula is C21H17Cl3N2O3S. The first kappa shape index (κ1) is 22.4. The van der Waals surface area contributed by atoms with E-state index in [1.54, 1.807) is 25.1 Å². The van der Waals surface area contributed by atoms with E-state index >= 15 is 0 Å². The molecular weight excluding hydrogens is 467 g/mol. The van der Waals surface area contributed by atoms with Crippen LogP contribution in [0, 0.1) is 13.8 Å². The van der Waals surface area contributed by atoms with Gasteiger partial charge in [0.05, 0.1) is 31.3 Å². The van der Waals surface area contributed by atoms with E-state index in [0.717, 1.165) is 5.56 Å². The minimum Gasteiger partial charge on any atom is -0.321 e. The van der Waals surface area contributed by atoms with Gasteiger partial charge in [0.2, 0.25) is 0 Å². The number of aryl methyl sites for hydroxylation is 2. The highest BCUT2D eigenvalue weighted by atomic mass is 35.5. The molecule has 3 rings (SSSR count). The Morgan fingerprint density at radius 2 is 1.43 bits per heavy atom. The van der Waals surface area contributed by atoms with Gasteiger partial charge in [-0.2, -0.15) is 0 Å². The summed E-state index contributed by atoms with van der Waals surface area (Å²) in [4.78, 5) is 12.7.